The summed E-state index contributed by atoms with van der Waals surface area (Å²) in [5.74, 6) is 1.75. The maximum Gasteiger partial charge on any atom is 0.230 e. The second kappa shape index (κ2) is 9.50. The van der Waals surface area contributed by atoms with E-state index in [4.69, 9.17) is 4.74 Å². The molecule has 7 heteroatoms. The van der Waals surface area contributed by atoms with E-state index in [2.05, 4.69) is 43.0 Å². The first-order valence-electron chi connectivity index (χ1n) is 8.60. The lowest BCUT2D eigenvalue weighted by atomic mass is 10.1. The van der Waals surface area contributed by atoms with Crippen LogP contribution in [-0.4, -0.2) is 41.4 Å². The molecule has 0 atom stereocenters. The molecule has 0 bridgehead atoms. The van der Waals surface area contributed by atoms with Gasteiger partial charge in [0.05, 0.1) is 12.4 Å². The Bertz CT molecular complexity index is 729. The molecule has 2 aromatic heterocycles. The number of rotatable bonds is 9. The summed E-state index contributed by atoms with van der Waals surface area (Å²) in [7, 11) is 0. The fourth-order valence-corrected chi connectivity index (χ4v) is 4.39. The lowest BCUT2D eigenvalue weighted by molar-refractivity contribution is -0.118. The monoisotopic (exact) mass is 381 g/mol. The Kier molecular flexibility index (Phi) is 7.65. The van der Waals surface area contributed by atoms with Crippen molar-refractivity contribution in [1.29, 1.82) is 0 Å². The summed E-state index contributed by atoms with van der Waals surface area (Å²) in [6.45, 7) is 12.3. The number of carbonyl (C=O) groups is 1. The molecule has 0 spiro atoms. The number of carbonyl (C=O) groups excluding carboxylic acids is 1. The van der Waals surface area contributed by atoms with Gasteiger partial charge >= 0.3 is 0 Å². The highest BCUT2D eigenvalue weighted by Gasteiger charge is 2.15. The Morgan fingerprint density at radius 3 is 2.72 bits per heavy atom. The number of aromatic nitrogens is 2. The van der Waals surface area contributed by atoms with Gasteiger partial charge in [-0.25, -0.2) is 9.97 Å². The molecule has 0 aliphatic heterocycles. The van der Waals surface area contributed by atoms with Crippen molar-refractivity contribution in [2.45, 2.75) is 46.1 Å². The summed E-state index contributed by atoms with van der Waals surface area (Å²) in [6, 6.07) is 0. The normalized spacial score (nSPS) is 11.4. The predicted octanol–water partition coefficient (Wildman–Crippen LogP) is 3.89. The van der Waals surface area contributed by atoms with E-state index in [0.717, 1.165) is 34.1 Å². The van der Waals surface area contributed by atoms with E-state index in [1.165, 1.54) is 22.2 Å². The Balaban J connectivity index is 1.83. The average molecular weight is 382 g/mol. The lowest BCUT2D eigenvalue weighted by Gasteiger charge is -2.08. The largest absolute Gasteiger partial charge is 0.380 e. The molecule has 2 rings (SSSR count). The van der Waals surface area contributed by atoms with E-state index in [0.29, 0.717) is 24.8 Å². The molecule has 0 aliphatic carbocycles. The minimum Gasteiger partial charge on any atom is -0.380 e. The quantitative estimate of drug-likeness (QED) is 0.406. The van der Waals surface area contributed by atoms with Crippen LogP contribution in [0.4, 0.5) is 0 Å². The van der Waals surface area contributed by atoms with Crippen LogP contribution in [0.15, 0.2) is 5.03 Å². The number of aryl methyl sites for hydroxylation is 3. The Morgan fingerprint density at radius 2 is 2.00 bits per heavy atom. The van der Waals surface area contributed by atoms with E-state index >= 15 is 0 Å². The molecule has 0 saturated carbocycles. The number of amides is 1. The van der Waals surface area contributed by atoms with E-state index in [-0.39, 0.29) is 5.91 Å². The van der Waals surface area contributed by atoms with Crippen molar-refractivity contribution in [1.82, 2.24) is 15.3 Å². The second-order valence-electron chi connectivity index (χ2n) is 6.47. The zero-order valence-electron chi connectivity index (χ0n) is 15.6. The number of ether oxygens (including phenoxy) is 1. The van der Waals surface area contributed by atoms with E-state index in [1.807, 2.05) is 6.92 Å². The molecule has 0 radical (unpaired) electrons. The molecule has 0 aliphatic rings. The molecule has 2 aromatic rings. The fraction of sp³-hybridized carbons (Fsp3) is 0.611. The zero-order valence-corrected chi connectivity index (χ0v) is 17.3. The fourth-order valence-electron chi connectivity index (χ4n) is 2.29. The zero-order chi connectivity index (χ0) is 18.4. The van der Waals surface area contributed by atoms with Gasteiger partial charge in [-0.3, -0.25) is 4.79 Å². The van der Waals surface area contributed by atoms with Crippen molar-refractivity contribution >= 4 is 39.2 Å². The highest BCUT2D eigenvalue weighted by Crippen LogP contribution is 2.34. The molecule has 0 unspecified atom stereocenters. The molecular formula is C18H27N3O2S2. The minimum atomic E-state index is 0.00600. The highest BCUT2D eigenvalue weighted by atomic mass is 32.2. The maximum atomic E-state index is 12.0. The number of fused-ring (bicyclic) bond motifs is 1. The Labute approximate surface area is 158 Å². The average Bonchev–Trinajstić information content (AvgIpc) is 2.82. The molecule has 0 saturated heterocycles. The van der Waals surface area contributed by atoms with Crippen molar-refractivity contribution in [3.05, 3.63) is 16.3 Å². The van der Waals surface area contributed by atoms with Gasteiger partial charge in [0.25, 0.3) is 0 Å². The molecule has 138 valence electrons. The van der Waals surface area contributed by atoms with Gasteiger partial charge in [-0.05, 0) is 38.7 Å². The van der Waals surface area contributed by atoms with Crippen LogP contribution < -0.4 is 5.32 Å². The van der Waals surface area contributed by atoms with Crippen LogP contribution in [0.5, 0.6) is 0 Å². The van der Waals surface area contributed by atoms with Crippen LogP contribution in [0, 0.1) is 26.7 Å². The van der Waals surface area contributed by atoms with Crippen LogP contribution in [0.3, 0.4) is 0 Å². The minimum absolute atomic E-state index is 0.00600. The van der Waals surface area contributed by atoms with Crippen LogP contribution in [-0.2, 0) is 9.53 Å². The third-order valence-corrected chi connectivity index (χ3v) is 5.93. The summed E-state index contributed by atoms with van der Waals surface area (Å²) in [4.78, 5) is 23.3. The number of nitrogens with zero attached hydrogens (tertiary/aromatic N) is 2. The van der Waals surface area contributed by atoms with Crippen LogP contribution in [0.1, 0.15) is 36.5 Å². The summed E-state index contributed by atoms with van der Waals surface area (Å²) in [5, 5.41) is 4.88. The smallest absolute Gasteiger partial charge is 0.230 e. The van der Waals surface area contributed by atoms with E-state index < -0.39 is 0 Å². The Morgan fingerprint density at radius 1 is 1.24 bits per heavy atom. The molecule has 2 heterocycles. The molecular weight excluding hydrogens is 354 g/mol. The van der Waals surface area contributed by atoms with Crippen LogP contribution >= 0.6 is 23.1 Å². The molecule has 1 N–H and O–H groups in total. The number of hydrogen-bond donors (Lipinski definition) is 1. The summed E-state index contributed by atoms with van der Waals surface area (Å²) in [6.07, 6.45) is 1.05. The van der Waals surface area contributed by atoms with Gasteiger partial charge in [0.1, 0.15) is 15.7 Å². The number of thiophene rings is 1. The number of hydrogen-bond acceptors (Lipinski definition) is 6. The van der Waals surface area contributed by atoms with Gasteiger partial charge in [0.15, 0.2) is 0 Å². The lowest BCUT2D eigenvalue weighted by Crippen LogP contribution is -2.28. The molecule has 0 fully saturated rings. The third-order valence-electron chi connectivity index (χ3n) is 3.86. The van der Waals surface area contributed by atoms with Crippen molar-refractivity contribution in [2.75, 3.05) is 25.5 Å². The van der Waals surface area contributed by atoms with Crippen molar-refractivity contribution in [3.63, 3.8) is 0 Å². The molecule has 5 nitrogen and oxygen atoms in total. The van der Waals surface area contributed by atoms with Gasteiger partial charge in [-0.2, -0.15) is 0 Å². The van der Waals surface area contributed by atoms with E-state index in [9.17, 15) is 4.79 Å². The van der Waals surface area contributed by atoms with Gasteiger partial charge in [0.2, 0.25) is 5.91 Å². The molecule has 25 heavy (non-hydrogen) atoms. The highest BCUT2D eigenvalue weighted by molar-refractivity contribution is 8.00. The summed E-state index contributed by atoms with van der Waals surface area (Å²) in [5.41, 5.74) is 1.21. The SMILES string of the molecule is Cc1nc(SCC(=O)NCCOCCC(C)C)c2c(C)c(C)sc2n1. The van der Waals surface area contributed by atoms with Gasteiger partial charge in [-0.15, -0.1) is 11.3 Å². The third kappa shape index (κ3) is 5.94. The first-order valence-corrected chi connectivity index (χ1v) is 10.4. The first kappa shape index (κ1) is 20.1. The molecule has 1 amide bonds. The standard InChI is InChI=1S/C18H27N3O2S2/c1-11(2)6-8-23-9-7-19-15(22)10-24-17-16-12(3)13(4)25-18(16)21-14(5)20-17/h11H,6-10H2,1-5H3,(H,19,22). The van der Waals surface area contributed by atoms with Crippen molar-refractivity contribution < 1.29 is 9.53 Å². The van der Waals surface area contributed by atoms with Gasteiger partial charge in [0, 0.05) is 23.4 Å². The van der Waals surface area contributed by atoms with Crippen LogP contribution in [0.25, 0.3) is 10.2 Å². The van der Waals surface area contributed by atoms with E-state index in [1.54, 1.807) is 11.3 Å². The number of thioether (sulfide) groups is 1. The summed E-state index contributed by atoms with van der Waals surface area (Å²) < 4.78 is 5.51. The van der Waals surface area contributed by atoms with Crippen molar-refractivity contribution in [2.24, 2.45) is 5.92 Å². The maximum absolute atomic E-state index is 12.0. The number of nitrogens with one attached hydrogen (secondary N) is 1. The topological polar surface area (TPSA) is 64.1 Å². The van der Waals surface area contributed by atoms with Crippen molar-refractivity contribution in [3.8, 4) is 0 Å². The molecule has 0 aromatic carbocycles. The first-order chi connectivity index (χ1) is 11.9. The summed E-state index contributed by atoms with van der Waals surface area (Å²) >= 11 is 3.16. The Hall–Kier alpha value is -1.18. The van der Waals surface area contributed by atoms with Gasteiger partial charge in [-0.1, -0.05) is 25.6 Å². The predicted molar refractivity (Wildman–Crippen MR) is 106 cm³/mol. The second-order valence-corrected chi connectivity index (χ2v) is 8.64. The van der Waals surface area contributed by atoms with Crippen LogP contribution in [0.2, 0.25) is 0 Å². The van der Waals surface area contributed by atoms with Gasteiger partial charge < -0.3 is 10.1 Å².